The molecule has 0 heterocycles. The Morgan fingerprint density at radius 3 is 2.50 bits per heavy atom. The zero-order chi connectivity index (χ0) is 13.7. The van der Waals surface area contributed by atoms with E-state index in [9.17, 15) is 5.11 Å². The molecule has 0 saturated heterocycles. The van der Waals surface area contributed by atoms with E-state index in [1.165, 1.54) is 5.56 Å². The highest BCUT2D eigenvalue weighted by molar-refractivity contribution is 5.41. The van der Waals surface area contributed by atoms with Gasteiger partial charge in [-0.3, -0.25) is 0 Å². The van der Waals surface area contributed by atoms with E-state index in [1.54, 1.807) is 7.11 Å². The molecule has 1 rings (SSSR count). The highest BCUT2D eigenvalue weighted by Gasteiger charge is 2.21. The van der Waals surface area contributed by atoms with Gasteiger partial charge in [0.2, 0.25) is 0 Å². The quantitative estimate of drug-likeness (QED) is 0.716. The standard InChI is InChI=1S/C14H24N2O2/c1-9(2)10-5-6-11(13(7-10)18-4)14(16-3)12(15)8-17/h5-7,9,12,14,16-17H,8,15H2,1-4H3. The number of nitrogens with one attached hydrogen (secondary N) is 1. The maximum absolute atomic E-state index is 9.20. The van der Waals surface area contributed by atoms with Gasteiger partial charge in [-0.1, -0.05) is 26.0 Å². The molecule has 1 aromatic carbocycles. The van der Waals surface area contributed by atoms with Crippen LogP contribution in [0.2, 0.25) is 0 Å². The zero-order valence-electron chi connectivity index (χ0n) is 11.6. The third-order valence-electron chi connectivity index (χ3n) is 3.21. The number of methoxy groups -OCH3 is 1. The van der Waals surface area contributed by atoms with Gasteiger partial charge in [0.05, 0.1) is 19.8 Å². The molecule has 0 radical (unpaired) electrons. The SMILES string of the molecule is CNC(c1ccc(C(C)C)cc1OC)C(N)CO. The fourth-order valence-corrected chi connectivity index (χ4v) is 2.05. The van der Waals surface area contributed by atoms with Crippen LogP contribution in [0.3, 0.4) is 0 Å². The molecule has 0 saturated carbocycles. The summed E-state index contributed by atoms with van der Waals surface area (Å²) in [7, 11) is 3.48. The third-order valence-corrected chi connectivity index (χ3v) is 3.21. The molecular formula is C14H24N2O2. The molecule has 0 aliphatic carbocycles. The van der Waals surface area contributed by atoms with Crippen molar-refractivity contribution in [3.8, 4) is 5.75 Å². The molecule has 0 spiro atoms. The first-order valence-corrected chi connectivity index (χ1v) is 6.26. The van der Waals surface area contributed by atoms with Crippen molar-refractivity contribution in [3.63, 3.8) is 0 Å². The zero-order valence-corrected chi connectivity index (χ0v) is 11.6. The molecule has 0 bridgehead atoms. The number of aliphatic hydroxyl groups excluding tert-OH is 1. The smallest absolute Gasteiger partial charge is 0.123 e. The van der Waals surface area contributed by atoms with Gasteiger partial charge in [-0.2, -0.15) is 0 Å². The average molecular weight is 252 g/mol. The van der Waals surface area contributed by atoms with E-state index in [0.717, 1.165) is 11.3 Å². The van der Waals surface area contributed by atoms with Gasteiger partial charge in [0, 0.05) is 11.6 Å². The molecule has 0 aromatic heterocycles. The van der Waals surface area contributed by atoms with Crippen LogP contribution in [-0.2, 0) is 0 Å². The lowest BCUT2D eigenvalue weighted by Gasteiger charge is -2.24. The largest absolute Gasteiger partial charge is 0.496 e. The second-order valence-corrected chi connectivity index (χ2v) is 4.77. The number of nitrogens with two attached hydrogens (primary N) is 1. The Balaban J connectivity index is 3.14. The van der Waals surface area contributed by atoms with E-state index in [-0.39, 0.29) is 18.7 Å². The van der Waals surface area contributed by atoms with Crippen molar-refractivity contribution in [1.29, 1.82) is 0 Å². The van der Waals surface area contributed by atoms with Gasteiger partial charge >= 0.3 is 0 Å². The highest BCUT2D eigenvalue weighted by atomic mass is 16.5. The first kappa shape index (κ1) is 15.0. The number of rotatable bonds is 6. The average Bonchev–Trinajstić information content (AvgIpc) is 2.39. The van der Waals surface area contributed by atoms with Gasteiger partial charge in [0.25, 0.3) is 0 Å². The van der Waals surface area contributed by atoms with Gasteiger partial charge < -0.3 is 20.9 Å². The molecule has 0 aliphatic rings. The van der Waals surface area contributed by atoms with Crippen LogP contribution in [0.1, 0.15) is 36.9 Å². The van der Waals surface area contributed by atoms with Crippen molar-refractivity contribution < 1.29 is 9.84 Å². The van der Waals surface area contributed by atoms with Gasteiger partial charge in [0.1, 0.15) is 5.75 Å². The summed E-state index contributed by atoms with van der Waals surface area (Å²) in [5, 5.41) is 12.3. The van der Waals surface area contributed by atoms with E-state index in [2.05, 4.69) is 25.2 Å². The summed E-state index contributed by atoms with van der Waals surface area (Å²) in [4.78, 5) is 0. The summed E-state index contributed by atoms with van der Waals surface area (Å²) in [6.07, 6.45) is 0. The minimum atomic E-state index is -0.353. The van der Waals surface area contributed by atoms with Gasteiger partial charge in [-0.25, -0.2) is 0 Å². The predicted molar refractivity (Wildman–Crippen MR) is 73.9 cm³/mol. The number of benzene rings is 1. The second kappa shape index (κ2) is 6.73. The summed E-state index contributed by atoms with van der Waals surface area (Å²) in [5.41, 5.74) is 8.12. The monoisotopic (exact) mass is 252 g/mol. The summed E-state index contributed by atoms with van der Waals surface area (Å²) in [6, 6.07) is 5.66. The molecule has 4 heteroatoms. The van der Waals surface area contributed by atoms with Crippen molar-refractivity contribution in [1.82, 2.24) is 5.32 Å². The molecule has 4 nitrogen and oxygen atoms in total. The van der Waals surface area contributed by atoms with E-state index >= 15 is 0 Å². The summed E-state index contributed by atoms with van der Waals surface area (Å²) >= 11 is 0. The molecule has 2 unspecified atom stereocenters. The maximum Gasteiger partial charge on any atom is 0.123 e. The Hall–Kier alpha value is -1.10. The van der Waals surface area contributed by atoms with Crippen LogP contribution >= 0.6 is 0 Å². The van der Waals surface area contributed by atoms with Crippen molar-refractivity contribution in [2.75, 3.05) is 20.8 Å². The molecule has 4 N–H and O–H groups in total. The molecular weight excluding hydrogens is 228 g/mol. The Bertz CT molecular complexity index is 380. The molecule has 0 fully saturated rings. The topological polar surface area (TPSA) is 67.5 Å². The van der Waals surface area contributed by atoms with Crippen LogP contribution in [0.4, 0.5) is 0 Å². The first-order valence-electron chi connectivity index (χ1n) is 6.26. The number of aliphatic hydroxyl groups is 1. The number of ether oxygens (including phenoxy) is 1. The predicted octanol–water partition coefficient (Wildman–Crippen LogP) is 1.40. The van der Waals surface area contributed by atoms with Crippen LogP contribution in [0.15, 0.2) is 18.2 Å². The maximum atomic E-state index is 9.20. The van der Waals surface area contributed by atoms with Crippen molar-refractivity contribution in [2.24, 2.45) is 5.73 Å². The van der Waals surface area contributed by atoms with E-state index in [0.29, 0.717) is 5.92 Å². The fraction of sp³-hybridized carbons (Fsp3) is 0.571. The fourth-order valence-electron chi connectivity index (χ4n) is 2.05. The number of likely N-dealkylation sites (N-methyl/N-ethyl adjacent to an activating group) is 1. The number of hydrogen-bond donors (Lipinski definition) is 3. The Labute approximate surface area is 109 Å². The molecule has 2 atom stereocenters. The Morgan fingerprint density at radius 1 is 1.39 bits per heavy atom. The van der Waals surface area contributed by atoms with Gasteiger partial charge in [-0.15, -0.1) is 0 Å². The molecule has 0 amide bonds. The minimum absolute atomic E-state index is 0.0689. The Kier molecular flexibility index (Phi) is 5.59. The van der Waals surface area contributed by atoms with E-state index in [1.807, 2.05) is 19.2 Å². The van der Waals surface area contributed by atoms with E-state index in [4.69, 9.17) is 10.5 Å². The van der Waals surface area contributed by atoms with Crippen LogP contribution in [0, 0.1) is 0 Å². The normalized spacial score (nSPS) is 14.6. The van der Waals surface area contributed by atoms with Crippen molar-refractivity contribution in [3.05, 3.63) is 29.3 Å². The van der Waals surface area contributed by atoms with Crippen LogP contribution in [0.25, 0.3) is 0 Å². The lowest BCUT2D eigenvalue weighted by Crippen LogP contribution is -2.39. The summed E-state index contributed by atoms with van der Waals surface area (Å²) in [6.45, 7) is 4.22. The van der Waals surface area contributed by atoms with Crippen molar-refractivity contribution >= 4 is 0 Å². The lowest BCUT2D eigenvalue weighted by atomic mass is 9.95. The lowest BCUT2D eigenvalue weighted by molar-refractivity contribution is 0.238. The molecule has 102 valence electrons. The van der Waals surface area contributed by atoms with Crippen LogP contribution in [0.5, 0.6) is 5.75 Å². The van der Waals surface area contributed by atoms with Crippen LogP contribution < -0.4 is 15.8 Å². The molecule has 0 aliphatic heterocycles. The van der Waals surface area contributed by atoms with E-state index < -0.39 is 0 Å². The molecule has 18 heavy (non-hydrogen) atoms. The Morgan fingerprint density at radius 2 is 2.06 bits per heavy atom. The summed E-state index contributed by atoms with van der Waals surface area (Å²) < 4.78 is 5.44. The highest BCUT2D eigenvalue weighted by Crippen LogP contribution is 2.30. The van der Waals surface area contributed by atoms with Crippen LogP contribution in [-0.4, -0.2) is 31.9 Å². The van der Waals surface area contributed by atoms with Crippen molar-refractivity contribution in [2.45, 2.75) is 31.8 Å². The molecule has 1 aromatic rings. The van der Waals surface area contributed by atoms with Gasteiger partial charge in [-0.05, 0) is 24.6 Å². The van der Waals surface area contributed by atoms with Gasteiger partial charge in [0.15, 0.2) is 0 Å². The first-order chi connectivity index (χ1) is 8.54. The third kappa shape index (κ3) is 3.22. The summed E-state index contributed by atoms with van der Waals surface area (Å²) in [5.74, 6) is 1.26. The second-order valence-electron chi connectivity index (χ2n) is 4.77. The minimum Gasteiger partial charge on any atom is -0.496 e. The number of hydrogen-bond acceptors (Lipinski definition) is 4.